The number of carbonyl (C=O) groups is 1. The Bertz CT molecular complexity index is 317. The van der Waals surface area contributed by atoms with E-state index in [2.05, 4.69) is 6.58 Å². The minimum absolute atomic E-state index is 0.305. The lowest BCUT2D eigenvalue weighted by molar-refractivity contribution is -0.138. The Labute approximate surface area is 88.0 Å². The van der Waals surface area contributed by atoms with Crippen LogP contribution in [0.25, 0.3) is 0 Å². The number of esters is 1. The molecule has 0 saturated heterocycles. The fourth-order valence-corrected chi connectivity index (χ4v) is 1.34. The second kappa shape index (κ2) is 5.50. The van der Waals surface area contributed by atoms with Crippen LogP contribution in [0.2, 0.25) is 0 Å². The molecular formula is C11H12O2S. The molecule has 0 aliphatic heterocycles. The maximum atomic E-state index is 10.8. The van der Waals surface area contributed by atoms with Gasteiger partial charge in [-0.15, -0.1) is 11.8 Å². The van der Waals surface area contributed by atoms with Crippen LogP contribution in [0.4, 0.5) is 0 Å². The summed E-state index contributed by atoms with van der Waals surface area (Å²) in [5.41, 5.74) is 0.984. The second-order valence-electron chi connectivity index (χ2n) is 2.66. The summed E-state index contributed by atoms with van der Waals surface area (Å²) >= 11 is 1.68. The summed E-state index contributed by atoms with van der Waals surface area (Å²) in [5.74, 6) is -0.390. The van der Waals surface area contributed by atoms with Crippen LogP contribution in [0.1, 0.15) is 5.56 Å². The van der Waals surface area contributed by atoms with Gasteiger partial charge in [-0.2, -0.15) is 0 Å². The minimum atomic E-state index is -0.390. The Morgan fingerprint density at radius 1 is 1.50 bits per heavy atom. The molecule has 0 aliphatic rings. The van der Waals surface area contributed by atoms with Crippen LogP contribution in [0.15, 0.2) is 41.8 Å². The van der Waals surface area contributed by atoms with Crippen LogP contribution in [0, 0.1) is 0 Å². The van der Waals surface area contributed by atoms with E-state index < -0.39 is 0 Å². The molecule has 0 heterocycles. The normalized spacial score (nSPS) is 9.50. The SMILES string of the molecule is C=CC(=O)OCc1ccc(SC)cc1. The molecule has 0 aromatic heterocycles. The lowest BCUT2D eigenvalue weighted by Gasteiger charge is -2.02. The van der Waals surface area contributed by atoms with Gasteiger partial charge in [0.15, 0.2) is 0 Å². The van der Waals surface area contributed by atoms with Gasteiger partial charge in [0.05, 0.1) is 0 Å². The van der Waals surface area contributed by atoms with Gasteiger partial charge >= 0.3 is 5.97 Å². The molecule has 2 nitrogen and oxygen atoms in total. The van der Waals surface area contributed by atoms with Crippen LogP contribution in [0.5, 0.6) is 0 Å². The van der Waals surface area contributed by atoms with E-state index in [9.17, 15) is 4.79 Å². The topological polar surface area (TPSA) is 26.3 Å². The molecule has 0 unspecified atom stereocenters. The molecule has 14 heavy (non-hydrogen) atoms. The van der Waals surface area contributed by atoms with Gasteiger partial charge in [-0.3, -0.25) is 0 Å². The van der Waals surface area contributed by atoms with Crippen molar-refractivity contribution in [2.75, 3.05) is 6.26 Å². The van der Waals surface area contributed by atoms with Gasteiger partial charge < -0.3 is 4.74 Å². The van der Waals surface area contributed by atoms with Crippen molar-refractivity contribution < 1.29 is 9.53 Å². The molecule has 0 atom stereocenters. The van der Waals surface area contributed by atoms with Gasteiger partial charge in [-0.1, -0.05) is 18.7 Å². The molecule has 0 N–H and O–H groups in total. The zero-order chi connectivity index (χ0) is 10.4. The first-order chi connectivity index (χ1) is 6.76. The van der Waals surface area contributed by atoms with Crippen LogP contribution in [-0.4, -0.2) is 12.2 Å². The van der Waals surface area contributed by atoms with Gasteiger partial charge in [-0.05, 0) is 24.0 Å². The van der Waals surface area contributed by atoms with E-state index in [1.807, 2.05) is 30.5 Å². The smallest absolute Gasteiger partial charge is 0.330 e. The molecule has 0 saturated carbocycles. The van der Waals surface area contributed by atoms with Crippen LogP contribution >= 0.6 is 11.8 Å². The maximum Gasteiger partial charge on any atom is 0.330 e. The predicted octanol–water partition coefficient (Wildman–Crippen LogP) is 2.64. The van der Waals surface area contributed by atoms with E-state index in [0.717, 1.165) is 11.6 Å². The average molecular weight is 208 g/mol. The highest BCUT2D eigenvalue weighted by Crippen LogP contribution is 2.15. The van der Waals surface area contributed by atoms with Crippen LogP contribution in [-0.2, 0) is 16.1 Å². The first-order valence-electron chi connectivity index (χ1n) is 4.18. The van der Waals surface area contributed by atoms with Crippen molar-refractivity contribution in [1.82, 2.24) is 0 Å². The molecular weight excluding hydrogens is 196 g/mol. The molecule has 1 rings (SSSR count). The Balaban J connectivity index is 2.51. The van der Waals surface area contributed by atoms with Crippen molar-refractivity contribution in [2.45, 2.75) is 11.5 Å². The van der Waals surface area contributed by atoms with Crippen molar-refractivity contribution in [3.8, 4) is 0 Å². The summed E-state index contributed by atoms with van der Waals surface area (Å²) in [5, 5.41) is 0. The monoisotopic (exact) mass is 208 g/mol. The quantitative estimate of drug-likeness (QED) is 0.432. The Kier molecular flexibility index (Phi) is 4.26. The van der Waals surface area contributed by atoms with E-state index in [-0.39, 0.29) is 5.97 Å². The number of rotatable bonds is 4. The first-order valence-corrected chi connectivity index (χ1v) is 5.41. The predicted molar refractivity (Wildman–Crippen MR) is 58.2 cm³/mol. The zero-order valence-corrected chi connectivity index (χ0v) is 8.84. The summed E-state index contributed by atoms with van der Waals surface area (Å²) < 4.78 is 4.89. The lowest BCUT2D eigenvalue weighted by atomic mass is 10.2. The molecule has 0 bridgehead atoms. The zero-order valence-electron chi connectivity index (χ0n) is 8.03. The third-order valence-corrected chi connectivity index (χ3v) is 2.45. The molecule has 3 heteroatoms. The highest BCUT2D eigenvalue weighted by Gasteiger charge is 1.97. The number of benzene rings is 1. The largest absolute Gasteiger partial charge is 0.458 e. The van der Waals surface area contributed by atoms with E-state index >= 15 is 0 Å². The Morgan fingerprint density at radius 2 is 2.14 bits per heavy atom. The number of ether oxygens (including phenoxy) is 1. The number of carbonyl (C=O) groups excluding carboxylic acids is 1. The van der Waals surface area contributed by atoms with E-state index in [1.165, 1.54) is 4.90 Å². The number of hydrogen-bond acceptors (Lipinski definition) is 3. The fourth-order valence-electron chi connectivity index (χ4n) is 0.935. The number of thioether (sulfide) groups is 1. The van der Waals surface area contributed by atoms with Gasteiger partial charge in [-0.25, -0.2) is 4.79 Å². The summed E-state index contributed by atoms with van der Waals surface area (Å²) in [6.45, 7) is 3.63. The van der Waals surface area contributed by atoms with Crippen molar-refractivity contribution in [3.05, 3.63) is 42.5 Å². The Hall–Kier alpha value is -1.22. The first kappa shape index (κ1) is 10.9. The standard InChI is InChI=1S/C11H12O2S/c1-3-11(12)13-8-9-4-6-10(14-2)7-5-9/h3-7H,1,8H2,2H3. The van der Waals surface area contributed by atoms with E-state index in [0.29, 0.717) is 6.61 Å². The lowest BCUT2D eigenvalue weighted by Crippen LogP contribution is -1.99. The summed E-state index contributed by atoms with van der Waals surface area (Å²) in [7, 11) is 0. The molecule has 74 valence electrons. The molecule has 0 spiro atoms. The summed E-state index contributed by atoms with van der Waals surface area (Å²) in [6.07, 6.45) is 3.18. The van der Waals surface area contributed by atoms with E-state index in [4.69, 9.17) is 4.74 Å². The fraction of sp³-hybridized carbons (Fsp3) is 0.182. The summed E-state index contributed by atoms with van der Waals surface area (Å²) in [4.78, 5) is 12.0. The van der Waals surface area contributed by atoms with Gasteiger partial charge in [0.2, 0.25) is 0 Å². The highest BCUT2D eigenvalue weighted by molar-refractivity contribution is 7.98. The molecule has 1 aromatic carbocycles. The second-order valence-corrected chi connectivity index (χ2v) is 3.54. The minimum Gasteiger partial charge on any atom is -0.458 e. The van der Waals surface area contributed by atoms with Crippen LogP contribution in [0.3, 0.4) is 0 Å². The van der Waals surface area contributed by atoms with Crippen LogP contribution < -0.4 is 0 Å². The van der Waals surface area contributed by atoms with E-state index in [1.54, 1.807) is 11.8 Å². The molecule has 0 fully saturated rings. The third-order valence-electron chi connectivity index (χ3n) is 1.71. The number of hydrogen-bond donors (Lipinski definition) is 0. The van der Waals surface area contributed by atoms with Crippen molar-refractivity contribution in [3.63, 3.8) is 0 Å². The highest BCUT2D eigenvalue weighted by atomic mass is 32.2. The average Bonchev–Trinajstić information content (AvgIpc) is 2.26. The van der Waals surface area contributed by atoms with Crippen molar-refractivity contribution in [1.29, 1.82) is 0 Å². The summed E-state index contributed by atoms with van der Waals surface area (Å²) in [6, 6.07) is 7.90. The van der Waals surface area contributed by atoms with Crippen molar-refractivity contribution in [2.24, 2.45) is 0 Å². The van der Waals surface area contributed by atoms with Gasteiger partial charge in [0.1, 0.15) is 6.61 Å². The van der Waals surface area contributed by atoms with Crippen molar-refractivity contribution >= 4 is 17.7 Å². The third kappa shape index (κ3) is 3.26. The van der Waals surface area contributed by atoms with Gasteiger partial charge in [0.25, 0.3) is 0 Å². The molecule has 0 radical (unpaired) electrons. The molecule has 0 aliphatic carbocycles. The molecule has 1 aromatic rings. The maximum absolute atomic E-state index is 10.8. The Morgan fingerprint density at radius 3 is 2.64 bits per heavy atom. The van der Waals surface area contributed by atoms with Gasteiger partial charge in [0, 0.05) is 11.0 Å². The molecule has 0 amide bonds.